The molecule has 2 heterocycles. The lowest BCUT2D eigenvalue weighted by Crippen LogP contribution is -2.23. The third-order valence-electron chi connectivity index (χ3n) is 2.60. The van der Waals surface area contributed by atoms with Crippen molar-refractivity contribution in [1.29, 1.82) is 0 Å². The van der Waals surface area contributed by atoms with Gasteiger partial charge in [0.05, 0.1) is 6.10 Å². The largest absolute Gasteiger partial charge is 0.433 e. The van der Waals surface area contributed by atoms with Gasteiger partial charge >= 0.3 is 6.18 Å². The summed E-state index contributed by atoms with van der Waals surface area (Å²) < 4.78 is 37.7. The highest BCUT2D eigenvalue weighted by Crippen LogP contribution is 2.30. The van der Waals surface area contributed by atoms with Crippen molar-refractivity contribution in [3.05, 3.63) is 17.6 Å². The maximum Gasteiger partial charge on any atom is 0.433 e. The summed E-state index contributed by atoms with van der Waals surface area (Å²) >= 11 is 0. The predicted octanol–water partition coefficient (Wildman–Crippen LogP) is 1.37. The molecular weight excluding hydrogens is 235 g/mol. The molecule has 2 rings (SSSR count). The quantitative estimate of drug-likeness (QED) is 0.814. The van der Waals surface area contributed by atoms with E-state index in [-0.39, 0.29) is 11.6 Å². The monoisotopic (exact) mass is 247 g/mol. The lowest BCUT2D eigenvalue weighted by atomic mass is 10.3. The molecule has 0 aromatic carbocycles. The SMILES string of the molecule is Cc1nc(N2CC[C@H](O)C2)cc(C(F)(F)F)n1. The van der Waals surface area contributed by atoms with E-state index >= 15 is 0 Å². The predicted molar refractivity (Wildman–Crippen MR) is 54.6 cm³/mol. The molecule has 1 N–H and O–H groups in total. The van der Waals surface area contributed by atoms with Gasteiger partial charge in [0.2, 0.25) is 0 Å². The number of β-amino-alcohol motifs (C(OH)–C–C–N with tert-alkyl or cyclic N) is 1. The van der Waals surface area contributed by atoms with Crippen molar-refractivity contribution >= 4 is 5.82 Å². The highest BCUT2D eigenvalue weighted by atomic mass is 19.4. The molecule has 0 spiro atoms. The molecule has 0 aliphatic carbocycles. The van der Waals surface area contributed by atoms with E-state index in [1.807, 2.05) is 0 Å². The zero-order chi connectivity index (χ0) is 12.6. The lowest BCUT2D eigenvalue weighted by Gasteiger charge is -2.18. The topological polar surface area (TPSA) is 49.2 Å². The zero-order valence-corrected chi connectivity index (χ0v) is 9.20. The van der Waals surface area contributed by atoms with Gasteiger partial charge in [0.25, 0.3) is 0 Å². The van der Waals surface area contributed by atoms with Crippen LogP contribution in [0.4, 0.5) is 19.0 Å². The molecule has 1 saturated heterocycles. The van der Waals surface area contributed by atoms with Crippen molar-refractivity contribution < 1.29 is 18.3 Å². The zero-order valence-electron chi connectivity index (χ0n) is 9.20. The Bertz CT molecular complexity index is 422. The minimum Gasteiger partial charge on any atom is -0.391 e. The van der Waals surface area contributed by atoms with Crippen molar-refractivity contribution in [2.45, 2.75) is 25.6 Å². The van der Waals surface area contributed by atoms with E-state index in [0.717, 1.165) is 6.07 Å². The minimum absolute atomic E-state index is 0.0798. The average Bonchev–Trinajstić information content (AvgIpc) is 2.62. The van der Waals surface area contributed by atoms with E-state index in [9.17, 15) is 18.3 Å². The summed E-state index contributed by atoms with van der Waals surface area (Å²) in [5.74, 6) is 0.303. The summed E-state index contributed by atoms with van der Waals surface area (Å²) in [7, 11) is 0. The van der Waals surface area contributed by atoms with Crippen LogP contribution in [0.25, 0.3) is 0 Å². The molecule has 1 aromatic heterocycles. The third-order valence-corrected chi connectivity index (χ3v) is 2.60. The Morgan fingerprint density at radius 2 is 2.12 bits per heavy atom. The number of aliphatic hydroxyl groups is 1. The molecular formula is C10H12F3N3O. The summed E-state index contributed by atoms with van der Waals surface area (Å²) in [5.41, 5.74) is -0.943. The van der Waals surface area contributed by atoms with E-state index in [2.05, 4.69) is 9.97 Å². The second kappa shape index (κ2) is 4.14. The van der Waals surface area contributed by atoms with Gasteiger partial charge in [-0.15, -0.1) is 0 Å². The van der Waals surface area contributed by atoms with Crippen molar-refractivity contribution in [3.8, 4) is 0 Å². The summed E-state index contributed by atoms with van der Waals surface area (Å²) in [4.78, 5) is 8.97. The third kappa shape index (κ3) is 2.66. The highest BCUT2D eigenvalue weighted by Gasteiger charge is 2.34. The normalized spacial score (nSPS) is 21.0. The average molecular weight is 247 g/mol. The number of nitrogens with zero attached hydrogens (tertiary/aromatic N) is 3. The molecule has 1 atom stereocenters. The van der Waals surface area contributed by atoms with Crippen LogP contribution in [-0.4, -0.2) is 34.3 Å². The van der Waals surface area contributed by atoms with Gasteiger partial charge in [-0.05, 0) is 13.3 Å². The Morgan fingerprint density at radius 3 is 2.65 bits per heavy atom. The highest BCUT2D eigenvalue weighted by molar-refractivity contribution is 5.41. The van der Waals surface area contributed by atoms with Gasteiger partial charge in [-0.3, -0.25) is 0 Å². The van der Waals surface area contributed by atoms with Crippen LogP contribution in [-0.2, 0) is 6.18 Å². The van der Waals surface area contributed by atoms with E-state index in [1.54, 1.807) is 4.90 Å². The number of hydrogen-bond acceptors (Lipinski definition) is 4. The fourth-order valence-corrected chi connectivity index (χ4v) is 1.81. The summed E-state index contributed by atoms with van der Waals surface area (Å²) in [6.07, 6.45) is -4.43. The number of halogens is 3. The lowest BCUT2D eigenvalue weighted by molar-refractivity contribution is -0.141. The summed E-state index contributed by atoms with van der Waals surface area (Å²) in [5, 5.41) is 9.35. The fraction of sp³-hybridized carbons (Fsp3) is 0.600. The summed E-state index contributed by atoms with van der Waals surface area (Å²) in [6.45, 7) is 2.24. The number of alkyl halides is 3. The maximum atomic E-state index is 12.6. The van der Waals surface area contributed by atoms with Crippen LogP contribution in [0.1, 0.15) is 17.9 Å². The van der Waals surface area contributed by atoms with E-state index in [1.165, 1.54) is 6.92 Å². The van der Waals surface area contributed by atoms with Crippen molar-refractivity contribution in [2.75, 3.05) is 18.0 Å². The maximum absolute atomic E-state index is 12.6. The molecule has 1 aliphatic rings. The number of aromatic nitrogens is 2. The first-order valence-corrected chi connectivity index (χ1v) is 5.22. The first-order valence-electron chi connectivity index (χ1n) is 5.22. The van der Waals surface area contributed by atoms with Crippen LogP contribution in [0.15, 0.2) is 6.07 Å². The van der Waals surface area contributed by atoms with Crippen LogP contribution >= 0.6 is 0 Å². The Balaban J connectivity index is 2.32. The minimum atomic E-state index is -4.47. The van der Waals surface area contributed by atoms with Gasteiger partial charge in [-0.1, -0.05) is 0 Å². The Kier molecular flexibility index (Phi) is 2.94. The van der Waals surface area contributed by atoms with Crippen molar-refractivity contribution in [2.24, 2.45) is 0 Å². The second-order valence-corrected chi connectivity index (χ2v) is 4.04. The number of aryl methyl sites for hydroxylation is 1. The number of hydrogen-bond donors (Lipinski definition) is 1. The van der Waals surface area contributed by atoms with E-state index < -0.39 is 18.0 Å². The number of aliphatic hydroxyl groups excluding tert-OH is 1. The van der Waals surface area contributed by atoms with Crippen LogP contribution in [0.2, 0.25) is 0 Å². The molecule has 0 amide bonds. The Morgan fingerprint density at radius 1 is 1.41 bits per heavy atom. The molecule has 1 aromatic rings. The molecule has 0 unspecified atom stereocenters. The Hall–Kier alpha value is -1.37. The molecule has 0 radical (unpaired) electrons. The molecule has 4 nitrogen and oxygen atoms in total. The number of rotatable bonds is 1. The molecule has 1 fully saturated rings. The molecule has 7 heteroatoms. The van der Waals surface area contributed by atoms with E-state index in [4.69, 9.17) is 0 Å². The molecule has 17 heavy (non-hydrogen) atoms. The first kappa shape index (κ1) is 12.1. The van der Waals surface area contributed by atoms with Gasteiger partial charge in [0.1, 0.15) is 17.3 Å². The van der Waals surface area contributed by atoms with Crippen molar-refractivity contribution in [1.82, 2.24) is 9.97 Å². The van der Waals surface area contributed by atoms with Gasteiger partial charge in [-0.2, -0.15) is 13.2 Å². The fourth-order valence-electron chi connectivity index (χ4n) is 1.81. The van der Waals surface area contributed by atoms with Crippen molar-refractivity contribution in [3.63, 3.8) is 0 Å². The van der Waals surface area contributed by atoms with Crippen LogP contribution in [0, 0.1) is 6.92 Å². The second-order valence-electron chi connectivity index (χ2n) is 4.04. The summed E-state index contributed by atoms with van der Waals surface area (Å²) in [6, 6.07) is 0.922. The van der Waals surface area contributed by atoms with Gasteiger partial charge in [0.15, 0.2) is 0 Å². The standard InChI is InChI=1S/C10H12F3N3O/c1-6-14-8(10(11,12)13)4-9(15-6)16-3-2-7(17)5-16/h4,7,17H,2-3,5H2,1H3/t7-/m0/s1. The van der Waals surface area contributed by atoms with Gasteiger partial charge in [-0.25, -0.2) is 9.97 Å². The molecule has 0 bridgehead atoms. The molecule has 0 saturated carbocycles. The van der Waals surface area contributed by atoms with Crippen LogP contribution < -0.4 is 4.90 Å². The van der Waals surface area contributed by atoms with Gasteiger partial charge in [0, 0.05) is 19.2 Å². The van der Waals surface area contributed by atoms with Crippen LogP contribution in [0.5, 0.6) is 0 Å². The molecule has 94 valence electrons. The van der Waals surface area contributed by atoms with Gasteiger partial charge < -0.3 is 10.0 Å². The Labute approximate surface area is 96.1 Å². The van der Waals surface area contributed by atoms with E-state index in [0.29, 0.717) is 19.5 Å². The molecule has 1 aliphatic heterocycles. The van der Waals surface area contributed by atoms with Crippen LogP contribution in [0.3, 0.4) is 0 Å². The smallest absolute Gasteiger partial charge is 0.391 e. The number of anilines is 1. The first-order chi connectivity index (χ1) is 7.86.